The minimum absolute atomic E-state index is 0.00403. The summed E-state index contributed by atoms with van der Waals surface area (Å²) >= 11 is 5.11. The van der Waals surface area contributed by atoms with E-state index in [-0.39, 0.29) is 10.5 Å². The molecule has 0 rings (SSSR count). The van der Waals surface area contributed by atoms with E-state index in [2.05, 4.69) is 20.8 Å². The summed E-state index contributed by atoms with van der Waals surface area (Å²) in [5.41, 5.74) is -0.240. The molecule has 0 N–H and O–H groups in total. The number of unbranched alkanes of at least 4 members (excludes halogenated alkanes) is 18. The van der Waals surface area contributed by atoms with Gasteiger partial charge >= 0.3 is 0 Å². The van der Waals surface area contributed by atoms with Gasteiger partial charge in [-0.1, -0.05) is 149 Å². The van der Waals surface area contributed by atoms with Gasteiger partial charge in [-0.25, -0.2) is 0 Å². The minimum Gasteiger partial charge on any atom is -0.741 e. The van der Waals surface area contributed by atoms with E-state index in [0.29, 0.717) is 0 Å². The van der Waals surface area contributed by atoms with Crippen molar-refractivity contribution in [2.24, 2.45) is 5.41 Å². The third-order valence-electron chi connectivity index (χ3n) is 6.66. The second kappa shape index (κ2) is 21.1. The molecule has 0 amide bonds. The predicted molar refractivity (Wildman–Crippen MR) is 133 cm³/mol. The van der Waals surface area contributed by atoms with Crippen LogP contribution in [-0.4, -0.2) is 5.12 Å². The van der Waals surface area contributed by atoms with E-state index >= 15 is 0 Å². The molecule has 0 aromatic rings. The van der Waals surface area contributed by atoms with Gasteiger partial charge in [0.25, 0.3) is 0 Å². The Balaban J connectivity index is 3.65. The van der Waals surface area contributed by atoms with Crippen molar-refractivity contribution < 1.29 is 4.79 Å². The van der Waals surface area contributed by atoms with Gasteiger partial charge in [0.2, 0.25) is 0 Å². The molecule has 0 aliphatic carbocycles. The molecule has 0 spiro atoms. The van der Waals surface area contributed by atoms with Gasteiger partial charge in [0.1, 0.15) is 0 Å². The fourth-order valence-corrected chi connectivity index (χ4v) is 4.54. The highest BCUT2D eigenvalue weighted by Gasteiger charge is 2.24. The summed E-state index contributed by atoms with van der Waals surface area (Å²) in [5.74, 6) is 0. The Morgan fingerprint density at radius 2 is 0.759 bits per heavy atom. The van der Waals surface area contributed by atoms with E-state index in [1.807, 2.05) is 0 Å². The molecule has 0 aliphatic rings. The van der Waals surface area contributed by atoms with Gasteiger partial charge in [0, 0.05) is 10.5 Å². The Morgan fingerprint density at radius 1 is 0.517 bits per heavy atom. The van der Waals surface area contributed by atoms with E-state index < -0.39 is 0 Å². The average molecular weight is 426 g/mol. The summed E-state index contributed by atoms with van der Waals surface area (Å²) in [6.45, 7) is 6.68. The van der Waals surface area contributed by atoms with Crippen molar-refractivity contribution in [2.45, 2.75) is 162 Å². The normalized spacial score (nSPS) is 11.8. The van der Waals surface area contributed by atoms with Gasteiger partial charge in [0.05, 0.1) is 0 Å². The number of rotatable bonds is 23. The zero-order valence-electron chi connectivity index (χ0n) is 20.4. The smallest absolute Gasteiger partial charge is 0.0179 e. The quantitative estimate of drug-likeness (QED) is 0.120. The summed E-state index contributed by atoms with van der Waals surface area (Å²) in [6, 6.07) is 0. The summed E-state index contributed by atoms with van der Waals surface area (Å²) in [7, 11) is 0. The van der Waals surface area contributed by atoms with Crippen LogP contribution in [0.25, 0.3) is 0 Å². The van der Waals surface area contributed by atoms with E-state index in [4.69, 9.17) is 12.6 Å². The highest BCUT2D eigenvalue weighted by Crippen LogP contribution is 2.32. The maximum absolute atomic E-state index is 12.1. The monoisotopic (exact) mass is 425 g/mol. The van der Waals surface area contributed by atoms with Gasteiger partial charge < -0.3 is 17.4 Å². The maximum Gasteiger partial charge on any atom is 0.0179 e. The third-order valence-corrected chi connectivity index (χ3v) is 7.15. The lowest BCUT2D eigenvalue weighted by Gasteiger charge is -2.32. The molecule has 0 atom stereocenters. The van der Waals surface area contributed by atoms with E-state index in [1.54, 1.807) is 0 Å². The van der Waals surface area contributed by atoms with Crippen molar-refractivity contribution in [3.05, 3.63) is 0 Å². The van der Waals surface area contributed by atoms with Crippen LogP contribution in [0, 0.1) is 5.41 Å². The first kappa shape index (κ1) is 28.9. The largest absolute Gasteiger partial charge is 0.741 e. The van der Waals surface area contributed by atoms with Gasteiger partial charge in [-0.2, -0.15) is 0 Å². The number of carbonyl (C=O) groups is 1. The molecule has 2 heteroatoms. The van der Waals surface area contributed by atoms with Gasteiger partial charge in [-0.15, -0.1) is 0 Å². The number of hydrogen-bond acceptors (Lipinski definition) is 2. The first-order valence-corrected chi connectivity index (χ1v) is 13.7. The van der Waals surface area contributed by atoms with Gasteiger partial charge in [-0.05, 0) is 12.8 Å². The summed E-state index contributed by atoms with van der Waals surface area (Å²) in [5, 5.41) is 0.00403. The standard InChI is InChI=1S/C27H54OS/c1-4-6-8-10-12-14-16-18-20-22-24-27(3,26(28)29)25-23-21-19-17-15-13-11-9-7-5-2/h4-25H2,1-3H3,(H,28,29)/p-1. The van der Waals surface area contributed by atoms with Crippen LogP contribution in [0.4, 0.5) is 0 Å². The van der Waals surface area contributed by atoms with Crippen LogP contribution >= 0.6 is 0 Å². The van der Waals surface area contributed by atoms with Gasteiger partial charge in [0.15, 0.2) is 0 Å². The van der Waals surface area contributed by atoms with E-state index in [9.17, 15) is 4.79 Å². The molecule has 0 aliphatic heterocycles. The first-order chi connectivity index (χ1) is 14.1. The fourth-order valence-electron chi connectivity index (χ4n) is 4.33. The SMILES string of the molecule is CCCCCCCCCCCCC(C)(CCCCCCCCCCCC)C(=O)[S-]. The summed E-state index contributed by atoms with van der Waals surface area (Å²) in [4.78, 5) is 12.1. The van der Waals surface area contributed by atoms with E-state index in [1.165, 1.54) is 128 Å². The minimum atomic E-state index is -0.240. The van der Waals surface area contributed by atoms with Crippen molar-refractivity contribution in [1.82, 2.24) is 0 Å². The van der Waals surface area contributed by atoms with Gasteiger partial charge in [-0.3, -0.25) is 0 Å². The Hall–Kier alpha value is -0.110. The Labute approximate surface area is 190 Å². The van der Waals surface area contributed by atoms with Crippen molar-refractivity contribution in [1.29, 1.82) is 0 Å². The number of carbonyl (C=O) groups excluding carboxylic acids is 1. The molecule has 174 valence electrons. The second-order valence-corrected chi connectivity index (χ2v) is 10.1. The molecule has 0 unspecified atom stereocenters. The van der Waals surface area contributed by atoms with Crippen molar-refractivity contribution in [2.75, 3.05) is 0 Å². The molecule has 29 heavy (non-hydrogen) atoms. The summed E-state index contributed by atoms with van der Waals surface area (Å²) < 4.78 is 0. The number of hydrogen-bond donors (Lipinski definition) is 0. The van der Waals surface area contributed by atoms with Crippen LogP contribution in [0.15, 0.2) is 0 Å². The lowest BCUT2D eigenvalue weighted by atomic mass is 9.81. The highest BCUT2D eigenvalue weighted by molar-refractivity contribution is 7.77. The average Bonchev–Trinajstić information content (AvgIpc) is 2.70. The van der Waals surface area contributed by atoms with Crippen LogP contribution in [0.2, 0.25) is 0 Å². The molecular weight excluding hydrogens is 372 g/mol. The van der Waals surface area contributed by atoms with Crippen LogP contribution in [0.1, 0.15) is 162 Å². The summed E-state index contributed by atoms with van der Waals surface area (Å²) in [6.07, 6.45) is 29.0. The molecule has 0 saturated heterocycles. The van der Waals surface area contributed by atoms with Crippen LogP contribution < -0.4 is 0 Å². The Kier molecular flexibility index (Phi) is 21.1. The van der Waals surface area contributed by atoms with Crippen molar-refractivity contribution in [3.8, 4) is 0 Å². The molecule has 0 bridgehead atoms. The molecule has 0 radical (unpaired) electrons. The molecule has 0 heterocycles. The van der Waals surface area contributed by atoms with E-state index in [0.717, 1.165) is 12.8 Å². The molecule has 0 fully saturated rings. The Bertz CT molecular complexity index is 328. The van der Waals surface area contributed by atoms with Crippen molar-refractivity contribution >= 4 is 17.7 Å². The van der Waals surface area contributed by atoms with Crippen LogP contribution in [0.3, 0.4) is 0 Å². The zero-order chi connectivity index (χ0) is 21.6. The molecule has 0 aromatic carbocycles. The topological polar surface area (TPSA) is 17.1 Å². The maximum atomic E-state index is 12.1. The first-order valence-electron chi connectivity index (χ1n) is 13.3. The molecule has 0 saturated carbocycles. The van der Waals surface area contributed by atoms with Crippen LogP contribution in [0.5, 0.6) is 0 Å². The van der Waals surface area contributed by atoms with Crippen LogP contribution in [-0.2, 0) is 17.4 Å². The lowest BCUT2D eigenvalue weighted by molar-refractivity contribution is -0.119. The Morgan fingerprint density at radius 3 is 1.00 bits per heavy atom. The molecule has 1 nitrogen and oxygen atoms in total. The lowest BCUT2D eigenvalue weighted by Crippen LogP contribution is -2.26. The molecular formula is C27H53OS-. The van der Waals surface area contributed by atoms with Crippen molar-refractivity contribution in [3.63, 3.8) is 0 Å². The second-order valence-electron chi connectivity index (χ2n) is 9.71. The fraction of sp³-hybridized carbons (Fsp3) is 0.963. The highest BCUT2D eigenvalue weighted by atomic mass is 32.1. The zero-order valence-corrected chi connectivity index (χ0v) is 21.2. The third kappa shape index (κ3) is 18.4. The molecule has 0 aromatic heterocycles. The predicted octanol–water partition coefficient (Wildman–Crippen LogP) is 9.69.